The van der Waals surface area contributed by atoms with Crippen LogP contribution in [0.1, 0.15) is 13.3 Å². The summed E-state index contributed by atoms with van der Waals surface area (Å²) >= 11 is 0. The van der Waals surface area contributed by atoms with Crippen molar-refractivity contribution in [1.29, 1.82) is 0 Å². The summed E-state index contributed by atoms with van der Waals surface area (Å²) in [5.74, 6) is 0. The first kappa shape index (κ1) is 10.0. The van der Waals surface area contributed by atoms with Gasteiger partial charge in [-0.2, -0.15) is 0 Å². The second kappa shape index (κ2) is 4.85. The van der Waals surface area contributed by atoms with Crippen LogP contribution in [0.3, 0.4) is 0 Å². The van der Waals surface area contributed by atoms with Crippen LogP contribution in [0, 0.1) is 0 Å². The first-order valence-electron chi connectivity index (χ1n) is 4.50. The van der Waals surface area contributed by atoms with Crippen LogP contribution in [0.5, 0.6) is 0 Å². The maximum absolute atomic E-state index is 5.58. The third-order valence-electron chi connectivity index (χ3n) is 2.15. The molecule has 1 aliphatic heterocycles. The lowest BCUT2D eigenvalue weighted by Gasteiger charge is -2.14. The monoisotopic (exact) mass is 172 g/mol. The largest absolute Gasteiger partial charge is 0.382 e. The summed E-state index contributed by atoms with van der Waals surface area (Å²) in [4.78, 5) is 0. The van der Waals surface area contributed by atoms with Gasteiger partial charge in [0.2, 0.25) is 0 Å². The lowest BCUT2D eigenvalue weighted by Crippen LogP contribution is -2.25. The van der Waals surface area contributed by atoms with Crippen molar-refractivity contribution in [1.82, 2.24) is 0 Å². The molecule has 0 spiro atoms. The molecule has 70 valence electrons. The van der Waals surface area contributed by atoms with Gasteiger partial charge in [0.15, 0.2) is 0 Å². The summed E-state index contributed by atoms with van der Waals surface area (Å²) in [7, 11) is 3.74. The van der Waals surface area contributed by atoms with E-state index in [9.17, 15) is 0 Å². The molecule has 3 nitrogen and oxygen atoms in total. The summed E-state index contributed by atoms with van der Waals surface area (Å²) in [6.45, 7) is 3.41. The lowest BCUT2D eigenvalue weighted by molar-refractivity contribution is -0.00301. The first-order chi connectivity index (χ1) is 5.74. The van der Waals surface area contributed by atoms with Gasteiger partial charge in [-0.1, -0.05) is 0 Å². The predicted octanol–water partition coefficient (Wildman–Crippen LogP) is -0.214. The molecule has 1 saturated heterocycles. The number of ether oxygens (including phenoxy) is 3. The zero-order valence-corrected chi connectivity index (χ0v) is 8.08. The molecule has 0 aliphatic carbocycles. The van der Waals surface area contributed by atoms with E-state index in [1.807, 2.05) is 0 Å². The molecule has 0 aromatic heterocycles. The van der Waals surface area contributed by atoms with Crippen LogP contribution in [0.15, 0.2) is 0 Å². The van der Waals surface area contributed by atoms with Crippen molar-refractivity contribution in [2.75, 3.05) is 20.3 Å². The number of methoxy groups -OCH3 is 1. The van der Waals surface area contributed by atoms with E-state index in [1.54, 1.807) is 7.11 Å². The Morgan fingerprint density at radius 3 is 2.75 bits per heavy atom. The Bertz CT molecular complexity index is 131. The lowest BCUT2D eigenvalue weighted by atomic mass is 9.94. The highest BCUT2D eigenvalue weighted by molar-refractivity contribution is 6.11. The molecule has 12 heavy (non-hydrogen) atoms. The number of hydrogen-bond acceptors (Lipinski definition) is 3. The standard InChI is InChI=1S/C8H17BO3/c1-6-5-7(8(9)12-6)11-4-3-10-2/h6-8H,3-5,9H2,1-2H3. The second-order valence-corrected chi connectivity index (χ2v) is 3.29. The normalized spacial score (nSPS) is 35.7. The van der Waals surface area contributed by atoms with Gasteiger partial charge in [-0.3, -0.25) is 0 Å². The maximum Gasteiger partial charge on any atom is 0.142 e. The van der Waals surface area contributed by atoms with E-state index in [0.717, 1.165) is 6.42 Å². The van der Waals surface area contributed by atoms with Crippen molar-refractivity contribution in [3.05, 3.63) is 0 Å². The van der Waals surface area contributed by atoms with E-state index in [1.165, 1.54) is 0 Å². The molecule has 4 heteroatoms. The molecule has 0 bridgehead atoms. The molecule has 0 N–H and O–H groups in total. The summed E-state index contributed by atoms with van der Waals surface area (Å²) in [6.07, 6.45) is 1.60. The molecule has 1 fully saturated rings. The highest BCUT2D eigenvalue weighted by Gasteiger charge is 2.29. The van der Waals surface area contributed by atoms with Crippen LogP contribution in [0.2, 0.25) is 0 Å². The fraction of sp³-hybridized carbons (Fsp3) is 1.00. The molecule has 1 heterocycles. The van der Waals surface area contributed by atoms with Crippen LogP contribution in [-0.2, 0) is 14.2 Å². The molecule has 0 saturated carbocycles. The van der Waals surface area contributed by atoms with Crippen LogP contribution >= 0.6 is 0 Å². The zero-order chi connectivity index (χ0) is 8.97. The third kappa shape index (κ3) is 2.77. The highest BCUT2D eigenvalue weighted by Crippen LogP contribution is 2.20. The maximum atomic E-state index is 5.58. The van der Waals surface area contributed by atoms with Gasteiger partial charge in [0.25, 0.3) is 0 Å². The van der Waals surface area contributed by atoms with Gasteiger partial charge >= 0.3 is 0 Å². The molecule has 0 aromatic rings. The van der Waals surface area contributed by atoms with Gasteiger partial charge in [-0.05, 0) is 6.92 Å². The minimum absolute atomic E-state index is 0.233. The average Bonchev–Trinajstić information content (AvgIpc) is 2.31. The van der Waals surface area contributed by atoms with Gasteiger partial charge in [-0.15, -0.1) is 0 Å². The Labute approximate surface area is 74.8 Å². The van der Waals surface area contributed by atoms with E-state index in [2.05, 4.69) is 14.8 Å². The SMILES string of the molecule is BC1OC(C)CC1OCCOC. The van der Waals surface area contributed by atoms with Crippen LogP contribution < -0.4 is 0 Å². The Balaban J connectivity index is 2.15. The van der Waals surface area contributed by atoms with E-state index >= 15 is 0 Å². The quantitative estimate of drug-likeness (QED) is 0.433. The minimum Gasteiger partial charge on any atom is -0.382 e. The molecule has 0 aromatic carbocycles. The van der Waals surface area contributed by atoms with E-state index in [-0.39, 0.29) is 12.1 Å². The summed E-state index contributed by atoms with van der Waals surface area (Å²) in [5, 5.41) is 0. The Morgan fingerprint density at radius 1 is 1.50 bits per heavy atom. The van der Waals surface area contributed by atoms with Gasteiger partial charge in [0, 0.05) is 13.5 Å². The van der Waals surface area contributed by atoms with Crippen molar-refractivity contribution in [2.45, 2.75) is 31.6 Å². The average molecular weight is 172 g/mol. The smallest absolute Gasteiger partial charge is 0.142 e. The van der Waals surface area contributed by atoms with Crippen molar-refractivity contribution >= 4 is 7.85 Å². The molecular weight excluding hydrogens is 155 g/mol. The second-order valence-electron chi connectivity index (χ2n) is 3.29. The minimum atomic E-state index is 0.233. The van der Waals surface area contributed by atoms with Crippen LogP contribution in [0.4, 0.5) is 0 Å². The van der Waals surface area contributed by atoms with Gasteiger partial charge < -0.3 is 14.2 Å². The van der Waals surface area contributed by atoms with E-state index < -0.39 is 0 Å². The van der Waals surface area contributed by atoms with Crippen molar-refractivity contribution in [2.24, 2.45) is 0 Å². The summed E-state index contributed by atoms with van der Waals surface area (Å²) in [5.41, 5.74) is 0. The molecule has 0 amide bonds. The number of hydrogen-bond donors (Lipinski definition) is 0. The van der Waals surface area contributed by atoms with Crippen molar-refractivity contribution < 1.29 is 14.2 Å². The predicted molar refractivity (Wildman–Crippen MR) is 49.1 cm³/mol. The highest BCUT2D eigenvalue weighted by atomic mass is 16.6. The zero-order valence-electron chi connectivity index (χ0n) is 8.08. The first-order valence-corrected chi connectivity index (χ1v) is 4.50. The van der Waals surface area contributed by atoms with Crippen molar-refractivity contribution in [3.63, 3.8) is 0 Å². The third-order valence-corrected chi connectivity index (χ3v) is 2.15. The number of rotatable bonds is 4. The van der Waals surface area contributed by atoms with Gasteiger partial charge in [-0.25, -0.2) is 0 Å². The molecular formula is C8H17BO3. The Kier molecular flexibility index (Phi) is 4.05. The summed E-state index contributed by atoms with van der Waals surface area (Å²) in [6, 6.07) is 0.233. The fourth-order valence-electron chi connectivity index (χ4n) is 1.51. The molecule has 3 unspecified atom stereocenters. The van der Waals surface area contributed by atoms with Gasteiger partial charge in [0.05, 0.1) is 31.4 Å². The molecule has 1 rings (SSSR count). The van der Waals surface area contributed by atoms with Crippen LogP contribution in [0.25, 0.3) is 0 Å². The molecule has 1 aliphatic rings. The molecule has 0 radical (unpaired) electrons. The Morgan fingerprint density at radius 2 is 2.25 bits per heavy atom. The fourth-order valence-corrected chi connectivity index (χ4v) is 1.51. The summed E-state index contributed by atoms with van der Waals surface area (Å²) < 4.78 is 16.0. The van der Waals surface area contributed by atoms with Gasteiger partial charge in [0.1, 0.15) is 7.85 Å². The van der Waals surface area contributed by atoms with E-state index in [0.29, 0.717) is 19.3 Å². The van der Waals surface area contributed by atoms with Crippen molar-refractivity contribution in [3.8, 4) is 0 Å². The topological polar surface area (TPSA) is 27.7 Å². The van der Waals surface area contributed by atoms with E-state index in [4.69, 9.17) is 14.2 Å². The Hall–Kier alpha value is -0.0551. The van der Waals surface area contributed by atoms with Crippen LogP contribution in [-0.4, -0.2) is 46.4 Å². The molecule has 3 atom stereocenters.